The largest absolute Gasteiger partial charge is 0.490 e. The molecular weight excluding hydrogens is 242 g/mol. The molecule has 1 rings (SSSR count). The van der Waals surface area contributed by atoms with Crippen molar-refractivity contribution in [2.45, 2.75) is 26.3 Å². The van der Waals surface area contributed by atoms with Crippen LogP contribution in [0.4, 0.5) is 0 Å². The second kappa shape index (κ2) is 9.64. The highest BCUT2D eigenvalue weighted by molar-refractivity contribution is 5.39. The predicted octanol–water partition coefficient (Wildman–Crippen LogP) is 2.48. The molecule has 0 aliphatic heterocycles. The predicted molar refractivity (Wildman–Crippen MR) is 77.1 cm³/mol. The van der Waals surface area contributed by atoms with Gasteiger partial charge in [0.25, 0.3) is 0 Å². The summed E-state index contributed by atoms with van der Waals surface area (Å²) in [6.45, 7) is 6.99. The third kappa shape index (κ3) is 6.45. The number of hydrogen-bond acceptors (Lipinski definition) is 4. The lowest BCUT2D eigenvalue weighted by atomic mass is 10.3. The van der Waals surface area contributed by atoms with Crippen LogP contribution in [0.15, 0.2) is 24.3 Å². The van der Waals surface area contributed by atoms with Crippen molar-refractivity contribution in [3.05, 3.63) is 24.3 Å². The number of ether oxygens (including phenoxy) is 3. The zero-order valence-corrected chi connectivity index (χ0v) is 12.1. The molecule has 0 bridgehead atoms. The van der Waals surface area contributed by atoms with Crippen LogP contribution in [0.1, 0.15) is 20.3 Å². The molecule has 19 heavy (non-hydrogen) atoms. The fourth-order valence-corrected chi connectivity index (χ4v) is 1.68. The molecule has 1 N–H and O–H groups in total. The van der Waals surface area contributed by atoms with Crippen LogP contribution in [0.2, 0.25) is 0 Å². The molecule has 4 heteroatoms. The molecule has 0 aliphatic carbocycles. The molecule has 0 amide bonds. The third-order valence-corrected chi connectivity index (χ3v) is 2.58. The minimum Gasteiger partial charge on any atom is -0.490 e. The van der Waals surface area contributed by atoms with Crippen LogP contribution >= 0.6 is 0 Å². The molecule has 0 aromatic heterocycles. The van der Waals surface area contributed by atoms with E-state index in [2.05, 4.69) is 19.2 Å². The van der Waals surface area contributed by atoms with Crippen molar-refractivity contribution in [2.24, 2.45) is 0 Å². The topological polar surface area (TPSA) is 39.7 Å². The molecule has 1 atom stereocenters. The summed E-state index contributed by atoms with van der Waals surface area (Å²) in [6, 6.07) is 8.11. The van der Waals surface area contributed by atoms with Crippen molar-refractivity contribution in [1.82, 2.24) is 5.32 Å². The van der Waals surface area contributed by atoms with Gasteiger partial charge in [-0.05, 0) is 25.5 Å². The number of rotatable bonds is 10. The van der Waals surface area contributed by atoms with Gasteiger partial charge < -0.3 is 19.5 Å². The normalized spacial score (nSPS) is 12.2. The molecule has 0 fully saturated rings. The van der Waals surface area contributed by atoms with Gasteiger partial charge in [-0.3, -0.25) is 0 Å². The van der Waals surface area contributed by atoms with Gasteiger partial charge in [-0.1, -0.05) is 19.1 Å². The molecule has 0 spiro atoms. The first-order valence-corrected chi connectivity index (χ1v) is 6.84. The van der Waals surface area contributed by atoms with Gasteiger partial charge in [0.1, 0.15) is 6.61 Å². The van der Waals surface area contributed by atoms with Gasteiger partial charge in [-0.2, -0.15) is 0 Å². The molecule has 0 saturated carbocycles. The van der Waals surface area contributed by atoms with Gasteiger partial charge in [-0.15, -0.1) is 0 Å². The van der Waals surface area contributed by atoms with Crippen LogP contribution in [0.25, 0.3) is 0 Å². The van der Waals surface area contributed by atoms with E-state index in [1.807, 2.05) is 24.3 Å². The fourth-order valence-electron chi connectivity index (χ4n) is 1.68. The molecule has 0 radical (unpaired) electrons. The maximum Gasteiger partial charge on any atom is 0.161 e. The molecule has 1 aromatic rings. The summed E-state index contributed by atoms with van der Waals surface area (Å²) in [5, 5.41) is 3.33. The zero-order chi connectivity index (χ0) is 13.9. The van der Waals surface area contributed by atoms with Gasteiger partial charge >= 0.3 is 0 Å². The van der Waals surface area contributed by atoms with Crippen LogP contribution in [0.3, 0.4) is 0 Å². The van der Waals surface area contributed by atoms with Crippen LogP contribution in [-0.2, 0) is 4.74 Å². The minimum atomic E-state index is 0.334. The van der Waals surface area contributed by atoms with Gasteiger partial charge in [0, 0.05) is 19.7 Å². The van der Waals surface area contributed by atoms with Crippen LogP contribution < -0.4 is 14.8 Å². The maximum absolute atomic E-state index is 5.73. The smallest absolute Gasteiger partial charge is 0.161 e. The van der Waals surface area contributed by atoms with E-state index < -0.39 is 0 Å². The van der Waals surface area contributed by atoms with E-state index in [9.17, 15) is 0 Å². The van der Waals surface area contributed by atoms with E-state index in [1.165, 1.54) is 0 Å². The molecule has 108 valence electrons. The summed E-state index contributed by atoms with van der Waals surface area (Å²) in [7, 11) is 1.70. The Kier molecular flexibility index (Phi) is 8.02. The summed E-state index contributed by atoms with van der Waals surface area (Å²) < 4.78 is 16.4. The van der Waals surface area contributed by atoms with Crippen molar-refractivity contribution in [3.63, 3.8) is 0 Å². The summed E-state index contributed by atoms with van der Waals surface area (Å²) in [6.07, 6.45) is 0.990. The summed E-state index contributed by atoms with van der Waals surface area (Å²) >= 11 is 0. The zero-order valence-electron chi connectivity index (χ0n) is 12.1. The summed E-state index contributed by atoms with van der Waals surface area (Å²) in [5.41, 5.74) is 0. The van der Waals surface area contributed by atoms with E-state index >= 15 is 0 Å². The standard InChI is InChI=1S/C15H25NO3/c1-4-10-18-14-7-5-6-8-15(14)19-11-9-16-13(2)12-17-3/h5-8,13,16H,4,9-12H2,1-3H3. The number of benzene rings is 1. The van der Waals surface area contributed by atoms with Crippen molar-refractivity contribution in [2.75, 3.05) is 33.5 Å². The van der Waals surface area contributed by atoms with Gasteiger partial charge in [0.15, 0.2) is 11.5 Å². The Morgan fingerprint density at radius 1 is 1.11 bits per heavy atom. The van der Waals surface area contributed by atoms with E-state index in [0.29, 0.717) is 25.9 Å². The first-order valence-electron chi connectivity index (χ1n) is 6.84. The second-order valence-corrected chi connectivity index (χ2v) is 4.45. The average molecular weight is 267 g/mol. The lowest BCUT2D eigenvalue weighted by Crippen LogP contribution is -2.33. The minimum absolute atomic E-state index is 0.334. The van der Waals surface area contributed by atoms with Crippen LogP contribution in [0, 0.1) is 0 Å². The van der Waals surface area contributed by atoms with Crippen molar-refractivity contribution < 1.29 is 14.2 Å². The Balaban J connectivity index is 2.32. The van der Waals surface area contributed by atoms with E-state index in [1.54, 1.807) is 7.11 Å². The van der Waals surface area contributed by atoms with Gasteiger partial charge in [-0.25, -0.2) is 0 Å². The van der Waals surface area contributed by atoms with Crippen LogP contribution in [0.5, 0.6) is 11.5 Å². The Bertz CT molecular complexity index is 344. The fraction of sp³-hybridized carbons (Fsp3) is 0.600. The summed E-state index contributed by atoms with van der Waals surface area (Å²) in [5.74, 6) is 1.62. The van der Waals surface area contributed by atoms with E-state index in [4.69, 9.17) is 14.2 Å². The molecule has 0 heterocycles. The van der Waals surface area contributed by atoms with E-state index in [0.717, 1.165) is 24.5 Å². The Morgan fingerprint density at radius 2 is 1.74 bits per heavy atom. The number of nitrogens with one attached hydrogen (secondary N) is 1. The first kappa shape index (κ1) is 15.8. The third-order valence-electron chi connectivity index (χ3n) is 2.58. The quantitative estimate of drug-likeness (QED) is 0.661. The Labute approximate surface area is 116 Å². The lowest BCUT2D eigenvalue weighted by Gasteiger charge is -2.15. The first-order chi connectivity index (χ1) is 9.27. The molecule has 0 saturated heterocycles. The Hall–Kier alpha value is -1.26. The van der Waals surface area contributed by atoms with Gasteiger partial charge in [0.05, 0.1) is 13.2 Å². The van der Waals surface area contributed by atoms with Crippen LogP contribution in [-0.4, -0.2) is 39.5 Å². The number of methoxy groups -OCH3 is 1. The van der Waals surface area contributed by atoms with Gasteiger partial charge in [0.2, 0.25) is 0 Å². The molecular formula is C15H25NO3. The molecule has 4 nitrogen and oxygen atoms in total. The van der Waals surface area contributed by atoms with Crippen molar-refractivity contribution >= 4 is 0 Å². The number of para-hydroxylation sites is 2. The van der Waals surface area contributed by atoms with Crippen molar-refractivity contribution in [1.29, 1.82) is 0 Å². The number of hydrogen-bond donors (Lipinski definition) is 1. The highest BCUT2D eigenvalue weighted by atomic mass is 16.5. The Morgan fingerprint density at radius 3 is 2.32 bits per heavy atom. The summed E-state index contributed by atoms with van der Waals surface area (Å²) in [4.78, 5) is 0. The second-order valence-electron chi connectivity index (χ2n) is 4.45. The average Bonchev–Trinajstić information content (AvgIpc) is 2.42. The molecule has 1 aromatic carbocycles. The lowest BCUT2D eigenvalue weighted by molar-refractivity contribution is 0.168. The highest BCUT2D eigenvalue weighted by Crippen LogP contribution is 2.26. The highest BCUT2D eigenvalue weighted by Gasteiger charge is 2.04. The van der Waals surface area contributed by atoms with Crippen molar-refractivity contribution in [3.8, 4) is 11.5 Å². The molecule has 1 unspecified atom stereocenters. The maximum atomic E-state index is 5.73. The SMILES string of the molecule is CCCOc1ccccc1OCCNC(C)COC. The molecule has 0 aliphatic rings. The monoisotopic (exact) mass is 267 g/mol. The van der Waals surface area contributed by atoms with E-state index in [-0.39, 0.29) is 0 Å².